The highest BCUT2D eigenvalue weighted by Crippen LogP contribution is 2.65. The molecule has 2 aliphatic carbocycles. The lowest BCUT2D eigenvalue weighted by Crippen LogP contribution is -2.27. The van der Waals surface area contributed by atoms with E-state index in [9.17, 15) is 0 Å². The minimum absolute atomic E-state index is 0.637. The smallest absolute Gasteiger partial charge is 0.164 e. The van der Waals surface area contributed by atoms with Crippen LogP contribution >= 0.6 is 0 Å². The van der Waals surface area contributed by atoms with Gasteiger partial charge in [0.25, 0.3) is 0 Å². The van der Waals surface area contributed by atoms with Crippen molar-refractivity contribution in [2.24, 2.45) is 0 Å². The number of aromatic nitrogens is 3. The normalized spacial score (nSPS) is 13.9. The van der Waals surface area contributed by atoms with E-state index in [1.165, 1.54) is 61.2 Å². The fraction of sp³-hybridized carbons (Fsp3) is 0.0156. The summed E-state index contributed by atoms with van der Waals surface area (Å²) in [5.41, 5.74) is 19.8. The van der Waals surface area contributed by atoms with Crippen LogP contribution < -0.4 is 4.90 Å². The highest BCUT2D eigenvalue weighted by Gasteiger charge is 2.53. The Morgan fingerprint density at radius 2 is 0.662 bits per heavy atom. The van der Waals surface area contributed by atoms with E-state index in [0.29, 0.717) is 17.5 Å². The summed E-state index contributed by atoms with van der Waals surface area (Å²) in [6, 6.07) is 91.3. The van der Waals surface area contributed by atoms with E-state index in [1.807, 2.05) is 36.4 Å². The average Bonchev–Trinajstić information content (AvgIpc) is 3.89. The maximum Gasteiger partial charge on any atom is 0.164 e. The third kappa shape index (κ3) is 6.34. The minimum Gasteiger partial charge on any atom is -0.310 e. The van der Waals surface area contributed by atoms with Crippen LogP contribution in [0.15, 0.2) is 255 Å². The van der Waals surface area contributed by atoms with Crippen LogP contribution in [0.3, 0.4) is 0 Å². The summed E-state index contributed by atoms with van der Waals surface area (Å²) in [5, 5.41) is 0. The maximum atomic E-state index is 5.36. The number of fused-ring (bicyclic) bond motifs is 10. The number of benzene rings is 10. The summed E-state index contributed by atoms with van der Waals surface area (Å²) in [5.74, 6) is 1.91. The molecule has 4 nitrogen and oxygen atoms in total. The van der Waals surface area contributed by atoms with Crippen LogP contribution in [-0.2, 0) is 5.41 Å². The van der Waals surface area contributed by atoms with Crippen molar-refractivity contribution in [2.45, 2.75) is 5.41 Å². The summed E-state index contributed by atoms with van der Waals surface area (Å²) in [7, 11) is 0. The molecule has 4 heteroatoms. The maximum absolute atomic E-state index is 5.36. The van der Waals surface area contributed by atoms with Crippen LogP contribution in [-0.4, -0.2) is 15.0 Å². The van der Waals surface area contributed by atoms with Crippen LogP contribution in [0, 0.1) is 0 Å². The zero-order valence-corrected chi connectivity index (χ0v) is 37.0. The van der Waals surface area contributed by atoms with E-state index >= 15 is 0 Å². The highest BCUT2D eigenvalue weighted by atomic mass is 15.1. The molecule has 318 valence electrons. The van der Waals surface area contributed by atoms with Gasteiger partial charge in [-0.15, -0.1) is 0 Å². The lowest BCUT2D eigenvalue weighted by atomic mass is 9.69. The first-order chi connectivity index (χ1) is 33.7. The van der Waals surface area contributed by atoms with E-state index < -0.39 is 5.41 Å². The first-order valence-electron chi connectivity index (χ1n) is 23.2. The van der Waals surface area contributed by atoms with Crippen molar-refractivity contribution < 1.29 is 0 Å². The Balaban J connectivity index is 1.06. The zero-order valence-electron chi connectivity index (χ0n) is 37.0. The molecule has 0 N–H and O–H groups in total. The second kappa shape index (κ2) is 16.2. The van der Waals surface area contributed by atoms with Gasteiger partial charge in [0.1, 0.15) is 0 Å². The summed E-state index contributed by atoms with van der Waals surface area (Å²) in [6.07, 6.45) is 0. The quantitative estimate of drug-likeness (QED) is 0.153. The molecule has 0 saturated heterocycles. The van der Waals surface area contributed by atoms with Gasteiger partial charge in [-0.2, -0.15) is 0 Å². The Hall–Kier alpha value is -8.99. The molecule has 1 unspecified atom stereocenters. The van der Waals surface area contributed by atoms with Gasteiger partial charge in [0.05, 0.1) is 5.41 Å². The van der Waals surface area contributed by atoms with Crippen molar-refractivity contribution >= 4 is 17.1 Å². The van der Waals surface area contributed by atoms with Crippen LogP contribution in [0.5, 0.6) is 0 Å². The van der Waals surface area contributed by atoms with Crippen LogP contribution in [0.25, 0.3) is 78.7 Å². The van der Waals surface area contributed by atoms with Gasteiger partial charge in [0, 0.05) is 33.8 Å². The molecule has 1 spiro atoms. The first-order valence-corrected chi connectivity index (χ1v) is 23.2. The standard InChI is InChI=1S/C64H42N4/c1-5-19-43(20-6-1)45-35-37-49(38-36-45)68(50-28-17-27-48(41-50)44-21-7-2-8-22-44)51-39-40-54-52-29-13-15-33-57(52)64(59(54)42-51)58-34-16-14-30-53(58)55-31-18-32-56(60(55)64)63-66-61(46-23-9-3-10-24-46)65-62(67-63)47-25-11-4-12-26-47/h1-42H. The van der Waals surface area contributed by atoms with E-state index in [2.05, 4.69) is 223 Å². The van der Waals surface area contributed by atoms with Gasteiger partial charge in [-0.05, 0) is 103 Å². The predicted octanol–water partition coefficient (Wildman–Crippen LogP) is 16.0. The van der Waals surface area contributed by atoms with Crippen molar-refractivity contribution in [3.63, 3.8) is 0 Å². The molecule has 0 amide bonds. The number of hydrogen-bond donors (Lipinski definition) is 0. The molecule has 0 bridgehead atoms. The second-order valence-electron chi connectivity index (χ2n) is 17.5. The number of nitrogens with zero attached hydrogens (tertiary/aromatic N) is 4. The molecule has 0 radical (unpaired) electrons. The molecular formula is C64H42N4. The highest BCUT2D eigenvalue weighted by molar-refractivity contribution is 5.99. The molecule has 1 atom stereocenters. The average molecular weight is 867 g/mol. The Bertz CT molecular complexity index is 3600. The van der Waals surface area contributed by atoms with Crippen LogP contribution in [0.2, 0.25) is 0 Å². The number of hydrogen-bond acceptors (Lipinski definition) is 4. The molecular weight excluding hydrogens is 825 g/mol. The molecule has 2 aliphatic rings. The third-order valence-electron chi connectivity index (χ3n) is 13.7. The SMILES string of the molecule is c1ccc(-c2ccc(N(c3cccc(-c4ccccc4)c3)c3ccc4c(c3)C3(c5ccccc5-4)c4ccccc4-c4cccc(-c5nc(-c6ccccc6)nc(-c6ccccc6)n5)c43)cc2)cc1. The molecule has 0 saturated carbocycles. The van der Waals surface area contributed by atoms with Crippen molar-refractivity contribution in [3.8, 4) is 78.7 Å². The van der Waals surface area contributed by atoms with Gasteiger partial charge in [0.15, 0.2) is 17.5 Å². The second-order valence-corrected chi connectivity index (χ2v) is 17.5. The summed E-state index contributed by atoms with van der Waals surface area (Å²) in [4.78, 5) is 18.2. The lowest BCUT2D eigenvalue weighted by Gasteiger charge is -2.33. The summed E-state index contributed by atoms with van der Waals surface area (Å²) < 4.78 is 0. The topological polar surface area (TPSA) is 41.9 Å². The van der Waals surface area contributed by atoms with Crippen LogP contribution in [0.4, 0.5) is 17.1 Å². The van der Waals surface area contributed by atoms with Gasteiger partial charge in [-0.3, -0.25) is 0 Å². The molecule has 68 heavy (non-hydrogen) atoms. The molecule has 13 rings (SSSR count). The van der Waals surface area contributed by atoms with E-state index in [4.69, 9.17) is 15.0 Å². The van der Waals surface area contributed by atoms with Crippen LogP contribution in [0.1, 0.15) is 22.3 Å². The molecule has 0 aliphatic heterocycles. The molecule has 10 aromatic carbocycles. The summed E-state index contributed by atoms with van der Waals surface area (Å²) in [6.45, 7) is 0. The Labute approximate surface area is 396 Å². The predicted molar refractivity (Wildman–Crippen MR) is 278 cm³/mol. The largest absolute Gasteiger partial charge is 0.310 e. The number of anilines is 3. The lowest BCUT2D eigenvalue weighted by molar-refractivity contribution is 0.794. The Morgan fingerprint density at radius 1 is 0.250 bits per heavy atom. The minimum atomic E-state index is -0.703. The Morgan fingerprint density at radius 3 is 1.28 bits per heavy atom. The third-order valence-corrected chi connectivity index (χ3v) is 13.7. The molecule has 11 aromatic rings. The van der Waals surface area contributed by atoms with Gasteiger partial charge in [0.2, 0.25) is 0 Å². The van der Waals surface area contributed by atoms with Crippen molar-refractivity contribution in [3.05, 3.63) is 277 Å². The number of rotatable bonds is 8. The molecule has 1 heterocycles. The van der Waals surface area contributed by atoms with E-state index in [0.717, 1.165) is 39.3 Å². The molecule has 1 aromatic heterocycles. The monoisotopic (exact) mass is 866 g/mol. The van der Waals surface area contributed by atoms with Crippen molar-refractivity contribution in [1.82, 2.24) is 15.0 Å². The van der Waals surface area contributed by atoms with E-state index in [1.54, 1.807) is 0 Å². The first kappa shape index (κ1) is 39.4. The Kier molecular flexibility index (Phi) is 9.36. The van der Waals surface area contributed by atoms with Gasteiger partial charge in [-0.1, -0.05) is 218 Å². The molecule has 0 fully saturated rings. The van der Waals surface area contributed by atoms with Crippen molar-refractivity contribution in [2.75, 3.05) is 4.90 Å². The fourth-order valence-electron chi connectivity index (χ4n) is 10.8. The van der Waals surface area contributed by atoms with Gasteiger partial charge >= 0.3 is 0 Å². The van der Waals surface area contributed by atoms with Gasteiger partial charge in [-0.25, -0.2) is 15.0 Å². The zero-order chi connectivity index (χ0) is 45.0. The van der Waals surface area contributed by atoms with Crippen molar-refractivity contribution in [1.29, 1.82) is 0 Å². The fourth-order valence-corrected chi connectivity index (χ4v) is 10.8. The van der Waals surface area contributed by atoms with Gasteiger partial charge < -0.3 is 4.90 Å². The van der Waals surface area contributed by atoms with E-state index in [-0.39, 0.29) is 0 Å². The summed E-state index contributed by atoms with van der Waals surface area (Å²) >= 11 is 0.